The lowest BCUT2D eigenvalue weighted by Gasteiger charge is -2.32. The third-order valence-electron chi connectivity index (χ3n) is 6.31. The van der Waals surface area contributed by atoms with Crippen LogP contribution >= 0.6 is 0 Å². The van der Waals surface area contributed by atoms with E-state index < -0.39 is 7.12 Å². The second kappa shape index (κ2) is 7.29. The largest absolute Gasteiger partial charge is 0.494 e. The summed E-state index contributed by atoms with van der Waals surface area (Å²) >= 11 is 0. The first-order chi connectivity index (χ1) is 14.8. The molecular formula is C26H25BN2O2. The minimum Gasteiger partial charge on any atom is -0.399 e. The molecule has 0 spiro atoms. The summed E-state index contributed by atoms with van der Waals surface area (Å²) in [6, 6.07) is 26.5. The van der Waals surface area contributed by atoms with Gasteiger partial charge < -0.3 is 9.31 Å². The van der Waals surface area contributed by atoms with E-state index in [2.05, 4.69) is 52.0 Å². The molecule has 1 fully saturated rings. The van der Waals surface area contributed by atoms with Crippen molar-refractivity contribution < 1.29 is 9.31 Å². The predicted octanol–water partition coefficient (Wildman–Crippen LogP) is 5.26. The van der Waals surface area contributed by atoms with E-state index >= 15 is 0 Å². The topological polar surface area (TPSA) is 44.2 Å². The maximum Gasteiger partial charge on any atom is 0.494 e. The predicted molar refractivity (Wildman–Crippen MR) is 126 cm³/mol. The van der Waals surface area contributed by atoms with Crippen molar-refractivity contribution in [3.63, 3.8) is 0 Å². The van der Waals surface area contributed by atoms with Gasteiger partial charge in [-0.3, -0.25) is 0 Å². The van der Waals surface area contributed by atoms with E-state index in [4.69, 9.17) is 19.3 Å². The van der Waals surface area contributed by atoms with E-state index in [1.807, 2.05) is 54.6 Å². The Morgan fingerprint density at radius 2 is 1.10 bits per heavy atom. The van der Waals surface area contributed by atoms with Crippen LogP contribution in [0.15, 0.2) is 78.9 Å². The Morgan fingerprint density at radius 1 is 0.613 bits per heavy atom. The molecule has 0 radical (unpaired) electrons. The first-order valence-corrected chi connectivity index (χ1v) is 10.6. The highest BCUT2D eigenvalue weighted by atomic mass is 16.7. The molecule has 4 nitrogen and oxygen atoms in total. The fourth-order valence-electron chi connectivity index (χ4n) is 3.79. The summed E-state index contributed by atoms with van der Waals surface area (Å²) in [6.07, 6.45) is 0. The van der Waals surface area contributed by atoms with Crippen molar-refractivity contribution >= 4 is 23.6 Å². The van der Waals surface area contributed by atoms with Crippen molar-refractivity contribution in [2.75, 3.05) is 0 Å². The van der Waals surface area contributed by atoms with Gasteiger partial charge in [0.25, 0.3) is 0 Å². The van der Waals surface area contributed by atoms with Gasteiger partial charge in [0.15, 0.2) is 0 Å². The lowest BCUT2D eigenvalue weighted by atomic mass is 9.79. The molecule has 5 rings (SSSR count). The molecule has 1 aliphatic rings. The molecule has 1 saturated heterocycles. The summed E-state index contributed by atoms with van der Waals surface area (Å²) < 4.78 is 12.5. The second-order valence-electron chi connectivity index (χ2n) is 8.99. The van der Waals surface area contributed by atoms with Gasteiger partial charge in [0.05, 0.1) is 33.6 Å². The zero-order valence-corrected chi connectivity index (χ0v) is 18.3. The van der Waals surface area contributed by atoms with Crippen molar-refractivity contribution in [2.45, 2.75) is 38.9 Å². The van der Waals surface area contributed by atoms with Crippen LogP contribution in [0.25, 0.3) is 33.5 Å². The SMILES string of the molecule is CC1(C)OB(c2ccc3nc(-c4ccccc4)c(-c4ccccc4)nc3c2)OC1(C)C. The molecule has 0 atom stereocenters. The molecule has 1 aliphatic heterocycles. The summed E-state index contributed by atoms with van der Waals surface area (Å²) in [6.45, 7) is 8.25. The molecular weight excluding hydrogens is 383 g/mol. The number of hydrogen-bond acceptors (Lipinski definition) is 4. The Bertz CT molecular complexity index is 1220. The van der Waals surface area contributed by atoms with E-state index in [0.717, 1.165) is 39.0 Å². The summed E-state index contributed by atoms with van der Waals surface area (Å²) in [4.78, 5) is 10.1. The quantitative estimate of drug-likeness (QED) is 0.434. The standard InChI is InChI=1S/C26H25BN2O2/c1-25(2)26(3,4)31-27(30-25)20-15-16-21-22(17-20)29-24(19-13-9-6-10-14-19)23(28-21)18-11-7-5-8-12-18/h5-17H,1-4H3. The van der Waals surface area contributed by atoms with Gasteiger partial charge in [-0.05, 0) is 45.3 Å². The van der Waals surface area contributed by atoms with Crippen LogP contribution in [-0.4, -0.2) is 28.3 Å². The number of benzene rings is 3. The molecule has 0 amide bonds. The summed E-state index contributed by atoms with van der Waals surface area (Å²) in [5.74, 6) is 0. The molecule has 0 unspecified atom stereocenters. The van der Waals surface area contributed by atoms with Crippen molar-refractivity contribution in [1.82, 2.24) is 9.97 Å². The minimum atomic E-state index is -0.426. The smallest absolute Gasteiger partial charge is 0.399 e. The van der Waals surface area contributed by atoms with Crippen LogP contribution < -0.4 is 5.46 Å². The maximum atomic E-state index is 6.24. The highest BCUT2D eigenvalue weighted by molar-refractivity contribution is 6.62. The Labute approximate surface area is 183 Å². The minimum absolute atomic E-state index is 0.384. The Hall–Kier alpha value is -3.02. The summed E-state index contributed by atoms with van der Waals surface area (Å²) in [7, 11) is -0.426. The Balaban J connectivity index is 1.65. The van der Waals surface area contributed by atoms with Gasteiger partial charge in [-0.1, -0.05) is 66.7 Å². The van der Waals surface area contributed by atoms with Crippen LogP contribution in [0.2, 0.25) is 0 Å². The normalized spacial score (nSPS) is 17.2. The van der Waals surface area contributed by atoms with E-state index in [-0.39, 0.29) is 11.2 Å². The number of aromatic nitrogens is 2. The van der Waals surface area contributed by atoms with Gasteiger partial charge in [0.1, 0.15) is 0 Å². The zero-order chi connectivity index (χ0) is 21.6. The van der Waals surface area contributed by atoms with Crippen LogP contribution in [0.4, 0.5) is 0 Å². The molecule has 154 valence electrons. The number of nitrogens with zero attached hydrogens (tertiary/aromatic N) is 2. The lowest BCUT2D eigenvalue weighted by Crippen LogP contribution is -2.41. The monoisotopic (exact) mass is 408 g/mol. The first kappa shape index (κ1) is 19.9. The third kappa shape index (κ3) is 3.54. The molecule has 5 heteroatoms. The molecule has 31 heavy (non-hydrogen) atoms. The molecule has 4 aromatic rings. The Kier molecular flexibility index (Phi) is 4.69. The number of rotatable bonds is 3. The van der Waals surface area contributed by atoms with Crippen LogP contribution in [0.1, 0.15) is 27.7 Å². The molecule has 0 saturated carbocycles. The van der Waals surface area contributed by atoms with Crippen LogP contribution in [0.5, 0.6) is 0 Å². The molecule has 1 aromatic heterocycles. The second-order valence-corrected chi connectivity index (χ2v) is 8.99. The highest BCUT2D eigenvalue weighted by Crippen LogP contribution is 2.37. The number of hydrogen-bond donors (Lipinski definition) is 0. The first-order valence-electron chi connectivity index (χ1n) is 10.6. The zero-order valence-electron chi connectivity index (χ0n) is 18.3. The van der Waals surface area contributed by atoms with Gasteiger partial charge in [0, 0.05) is 11.1 Å². The average Bonchev–Trinajstić information content (AvgIpc) is 3.00. The summed E-state index contributed by atoms with van der Waals surface area (Å²) in [5.41, 5.74) is 5.68. The number of fused-ring (bicyclic) bond motifs is 1. The van der Waals surface area contributed by atoms with Gasteiger partial charge in [0.2, 0.25) is 0 Å². The van der Waals surface area contributed by atoms with Gasteiger partial charge in [-0.15, -0.1) is 0 Å². The van der Waals surface area contributed by atoms with Gasteiger partial charge in [-0.2, -0.15) is 0 Å². The lowest BCUT2D eigenvalue weighted by molar-refractivity contribution is 0.00578. The fraction of sp³-hybridized carbons (Fsp3) is 0.231. The van der Waals surface area contributed by atoms with Gasteiger partial charge >= 0.3 is 7.12 Å². The third-order valence-corrected chi connectivity index (χ3v) is 6.31. The van der Waals surface area contributed by atoms with E-state index in [9.17, 15) is 0 Å². The van der Waals surface area contributed by atoms with Crippen molar-refractivity contribution in [3.05, 3.63) is 78.9 Å². The van der Waals surface area contributed by atoms with E-state index in [1.54, 1.807) is 0 Å². The highest BCUT2D eigenvalue weighted by Gasteiger charge is 2.51. The summed E-state index contributed by atoms with van der Waals surface area (Å²) in [5, 5.41) is 0. The Morgan fingerprint density at radius 3 is 1.61 bits per heavy atom. The molecule has 0 bridgehead atoms. The molecule has 0 N–H and O–H groups in total. The molecule has 0 aliphatic carbocycles. The van der Waals surface area contributed by atoms with Crippen LogP contribution in [0.3, 0.4) is 0 Å². The average molecular weight is 408 g/mol. The van der Waals surface area contributed by atoms with Crippen LogP contribution in [0, 0.1) is 0 Å². The van der Waals surface area contributed by atoms with Gasteiger partial charge in [-0.25, -0.2) is 9.97 Å². The van der Waals surface area contributed by atoms with Crippen molar-refractivity contribution in [3.8, 4) is 22.5 Å². The van der Waals surface area contributed by atoms with E-state index in [1.165, 1.54) is 0 Å². The van der Waals surface area contributed by atoms with E-state index in [0.29, 0.717) is 0 Å². The molecule has 3 aromatic carbocycles. The van der Waals surface area contributed by atoms with Crippen molar-refractivity contribution in [1.29, 1.82) is 0 Å². The maximum absolute atomic E-state index is 6.24. The molecule has 2 heterocycles. The fourth-order valence-corrected chi connectivity index (χ4v) is 3.79. The van der Waals surface area contributed by atoms with Crippen molar-refractivity contribution in [2.24, 2.45) is 0 Å². The van der Waals surface area contributed by atoms with Crippen LogP contribution in [-0.2, 0) is 9.31 Å².